The van der Waals surface area contributed by atoms with E-state index in [9.17, 15) is 14.4 Å². The van der Waals surface area contributed by atoms with E-state index in [2.05, 4.69) is 22.4 Å². The summed E-state index contributed by atoms with van der Waals surface area (Å²) >= 11 is 0. The third-order valence-electron chi connectivity index (χ3n) is 6.00. The lowest BCUT2D eigenvalue weighted by Gasteiger charge is -2.14. The van der Waals surface area contributed by atoms with Crippen LogP contribution in [0.5, 0.6) is 0 Å². The number of carbonyl (C=O) groups excluding carboxylic acids is 2. The largest absolute Gasteiger partial charge is 0.452 e. The molecule has 0 radical (unpaired) electrons. The molecule has 4 rings (SSSR count). The molecule has 0 bridgehead atoms. The Hall–Kier alpha value is -3.48. The number of hydrogen-bond donors (Lipinski definition) is 1. The lowest BCUT2D eigenvalue weighted by molar-refractivity contribution is -0.124. The highest BCUT2D eigenvalue weighted by atomic mass is 16.5. The second-order valence-electron chi connectivity index (χ2n) is 8.60. The molecule has 172 valence electrons. The van der Waals surface area contributed by atoms with Gasteiger partial charge in [-0.05, 0) is 56.4 Å². The number of rotatable bonds is 7. The standard InChI is InChI=1S/C26H29N3O4/c1-18(11-12-19-8-4-2-5-9-19)27-24(30)17-33-26(32)20-13-14-21-22(16-20)28-23-10-6-3-7-15-29(23)25(21)31/h2,4-5,8-9,13-14,16,18H,3,6-7,10-12,15,17H2,1H3,(H,27,30). The first-order valence-corrected chi connectivity index (χ1v) is 11.5. The summed E-state index contributed by atoms with van der Waals surface area (Å²) in [4.78, 5) is 42.2. The summed E-state index contributed by atoms with van der Waals surface area (Å²) in [7, 11) is 0. The Labute approximate surface area is 192 Å². The van der Waals surface area contributed by atoms with Crippen molar-refractivity contribution in [3.05, 3.63) is 75.8 Å². The van der Waals surface area contributed by atoms with E-state index in [-0.39, 0.29) is 29.7 Å². The van der Waals surface area contributed by atoms with Gasteiger partial charge in [0.2, 0.25) is 0 Å². The highest BCUT2D eigenvalue weighted by molar-refractivity contribution is 5.95. The van der Waals surface area contributed by atoms with Crippen LogP contribution in [0, 0.1) is 0 Å². The SMILES string of the molecule is CC(CCc1ccccc1)NC(=O)COC(=O)c1ccc2c(=O)n3c(nc2c1)CCCCC3. The molecule has 3 aromatic rings. The third kappa shape index (κ3) is 5.66. The first-order chi connectivity index (χ1) is 16.0. The molecule has 1 aliphatic heterocycles. The molecule has 2 aromatic carbocycles. The van der Waals surface area contributed by atoms with E-state index in [1.54, 1.807) is 22.8 Å². The Morgan fingerprint density at radius 3 is 2.76 bits per heavy atom. The van der Waals surface area contributed by atoms with Gasteiger partial charge >= 0.3 is 5.97 Å². The van der Waals surface area contributed by atoms with Crippen LogP contribution in [-0.2, 0) is 28.9 Å². The van der Waals surface area contributed by atoms with Crippen molar-refractivity contribution >= 4 is 22.8 Å². The summed E-state index contributed by atoms with van der Waals surface area (Å²) in [6.45, 7) is 2.26. The number of fused-ring (bicyclic) bond motifs is 2. The van der Waals surface area contributed by atoms with Crippen LogP contribution in [0.25, 0.3) is 10.9 Å². The first kappa shape index (κ1) is 22.7. The molecule has 33 heavy (non-hydrogen) atoms. The molecule has 0 saturated carbocycles. The van der Waals surface area contributed by atoms with E-state index in [0.29, 0.717) is 17.4 Å². The smallest absolute Gasteiger partial charge is 0.338 e. The van der Waals surface area contributed by atoms with Crippen LogP contribution in [0.4, 0.5) is 0 Å². The number of nitrogens with zero attached hydrogens (tertiary/aromatic N) is 2. The molecule has 1 N–H and O–H groups in total. The lowest BCUT2D eigenvalue weighted by atomic mass is 10.1. The fourth-order valence-electron chi connectivity index (χ4n) is 4.18. The summed E-state index contributed by atoms with van der Waals surface area (Å²) in [6, 6.07) is 14.8. The van der Waals surface area contributed by atoms with E-state index in [1.807, 2.05) is 25.1 Å². The molecule has 0 spiro atoms. The molecule has 1 unspecified atom stereocenters. The van der Waals surface area contributed by atoms with Crippen LogP contribution in [0.2, 0.25) is 0 Å². The highest BCUT2D eigenvalue weighted by Gasteiger charge is 2.17. The number of ether oxygens (including phenoxy) is 1. The zero-order valence-electron chi connectivity index (χ0n) is 18.9. The van der Waals surface area contributed by atoms with Gasteiger partial charge in [-0.25, -0.2) is 9.78 Å². The molecule has 1 amide bonds. The Bertz CT molecular complexity index is 1200. The second-order valence-corrected chi connectivity index (χ2v) is 8.60. The number of hydrogen-bond acceptors (Lipinski definition) is 5. The molecule has 0 fully saturated rings. The van der Waals surface area contributed by atoms with Crippen molar-refractivity contribution in [2.75, 3.05) is 6.61 Å². The Morgan fingerprint density at radius 2 is 1.94 bits per heavy atom. The molecule has 0 saturated heterocycles. The van der Waals surface area contributed by atoms with Crippen LogP contribution < -0.4 is 10.9 Å². The molecule has 1 aromatic heterocycles. The predicted octanol–water partition coefficient (Wildman–Crippen LogP) is 3.42. The number of nitrogens with one attached hydrogen (secondary N) is 1. The van der Waals surface area contributed by atoms with E-state index >= 15 is 0 Å². The monoisotopic (exact) mass is 447 g/mol. The van der Waals surface area contributed by atoms with E-state index in [1.165, 1.54) is 5.56 Å². The number of aromatic nitrogens is 2. The molecule has 7 heteroatoms. The maximum absolute atomic E-state index is 12.8. The van der Waals surface area contributed by atoms with Gasteiger partial charge < -0.3 is 10.1 Å². The maximum atomic E-state index is 12.8. The molecule has 2 heterocycles. The Kier molecular flexibility index (Phi) is 7.17. The summed E-state index contributed by atoms with van der Waals surface area (Å²) in [5, 5.41) is 3.35. The van der Waals surface area contributed by atoms with Crippen molar-refractivity contribution in [1.29, 1.82) is 0 Å². The summed E-state index contributed by atoms with van der Waals surface area (Å²) in [6.07, 6.45) is 5.44. The number of esters is 1. The number of benzene rings is 2. The van der Waals surface area contributed by atoms with Crippen molar-refractivity contribution in [2.45, 2.75) is 58.0 Å². The van der Waals surface area contributed by atoms with Gasteiger partial charge in [0, 0.05) is 19.0 Å². The van der Waals surface area contributed by atoms with Gasteiger partial charge in [0.25, 0.3) is 11.5 Å². The topological polar surface area (TPSA) is 90.3 Å². The average Bonchev–Trinajstić information content (AvgIpc) is 3.07. The van der Waals surface area contributed by atoms with Gasteiger partial charge in [-0.15, -0.1) is 0 Å². The number of amides is 1. The zero-order valence-corrected chi connectivity index (χ0v) is 18.9. The Morgan fingerprint density at radius 1 is 1.12 bits per heavy atom. The minimum Gasteiger partial charge on any atom is -0.452 e. The van der Waals surface area contributed by atoms with Crippen molar-refractivity contribution in [1.82, 2.24) is 14.9 Å². The van der Waals surface area contributed by atoms with Crippen molar-refractivity contribution in [2.24, 2.45) is 0 Å². The van der Waals surface area contributed by atoms with Crippen molar-refractivity contribution in [3.63, 3.8) is 0 Å². The predicted molar refractivity (Wildman–Crippen MR) is 126 cm³/mol. The van der Waals surface area contributed by atoms with Gasteiger partial charge in [-0.1, -0.05) is 36.8 Å². The first-order valence-electron chi connectivity index (χ1n) is 11.5. The zero-order chi connectivity index (χ0) is 23.2. The van der Waals surface area contributed by atoms with Gasteiger partial charge in [-0.3, -0.25) is 14.2 Å². The van der Waals surface area contributed by atoms with Crippen LogP contribution in [0.1, 0.15) is 54.4 Å². The van der Waals surface area contributed by atoms with Crippen molar-refractivity contribution in [3.8, 4) is 0 Å². The van der Waals surface area contributed by atoms with Gasteiger partial charge in [0.1, 0.15) is 5.82 Å². The summed E-state index contributed by atoms with van der Waals surface area (Å²) in [5.41, 5.74) is 1.91. The molecular weight excluding hydrogens is 418 g/mol. The second kappa shape index (κ2) is 10.4. The number of carbonyl (C=O) groups is 2. The molecular formula is C26H29N3O4. The Balaban J connectivity index is 1.34. The van der Waals surface area contributed by atoms with Gasteiger partial charge in [-0.2, -0.15) is 0 Å². The third-order valence-corrected chi connectivity index (χ3v) is 6.00. The lowest BCUT2D eigenvalue weighted by Crippen LogP contribution is -2.36. The minimum absolute atomic E-state index is 0.0375. The van der Waals surface area contributed by atoms with E-state index < -0.39 is 5.97 Å². The van der Waals surface area contributed by atoms with Gasteiger partial charge in [0.05, 0.1) is 16.5 Å². The molecule has 1 aliphatic rings. The fourth-order valence-corrected chi connectivity index (χ4v) is 4.18. The summed E-state index contributed by atoms with van der Waals surface area (Å²) < 4.78 is 6.95. The number of aryl methyl sites for hydroxylation is 2. The van der Waals surface area contributed by atoms with Crippen LogP contribution in [-0.4, -0.2) is 34.1 Å². The van der Waals surface area contributed by atoms with Crippen LogP contribution >= 0.6 is 0 Å². The highest BCUT2D eigenvalue weighted by Crippen LogP contribution is 2.17. The van der Waals surface area contributed by atoms with E-state index in [4.69, 9.17) is 4.74 Å². The fraction of sp³-hybridized carbons (Fsp3) is 0.385. The summed E-state index contributed by atoms with van der Waals surface area (Å²) in [5.74, 6) is -0.188. The molecule has 0 aliphatic carbocycles. The molecule has 7 nitrogen and oxygen atoms in total. The van der Waals surface area contributed by atoms with E-state index in [0.717, 1.165) is 44.3 Å². The average molecular weight is 448 g/mol. The quantitative estimate of drug-likeness (QED) is 0.561. The minimum atomic E-state index is -0.610. The molecule has 1 atom stereocenters. The van der Waals surface area contributed by atoms with Gasteiger partial charge in [0.15, 0.2) is 6.61 Å². The van der Waals surface area contributed by atoms with Crippen LogP contribution in [0.15, 0.2) is 53.3 Å². The normalized spacial score (nSPS) is 14.2. The van der Waals surface area contributed by atoms with Crippen molar-refractivity contribution < 1.29 is 14.3 Å². The van der Waals surface area contributed by atoms with Crippen LogP contribution in [0.3, 0.4) is 0 Å². The maximum Gasteiger partial charge on any atom is 0.338 e.